The van der Waals surface area contributed by atoms with E-state index in [4.69, 9.17) is 0 Å². The molecule has 1 fully saturated rings. The van der Waals surface area contributed by atoms with Crippen LogP contribution >= 0.6 is 0 Å². The maximum Gasteiger partial charge on any atom is 0.339 e. The van der Waals surface area contributed by atoms with E-state index in [1.807, 2.05) is 18.0 Å². The normalized spacial score (nSPS) is 17.6. The van der Waals surface area contributed by atoms with Gasteiger partial charge in [0.25, 0.3) is 0 Å². The fourth-order valence-electron chi connectivity index (χ4n) is 2.68. The molecule has 0 bridgehead atoms. The second-order valence-electron chi connectivity index (χ2n) is 5.45. The summed E-state index contributed by atoms with van der Waals surface area (Å²) in [5.74, 6) is 0.511. The minimum atomic E-state index is -0.866. The summed E-state index contributed by atoms with van der Waals surface area (Å²) in [6.45, 7) is 0.923. The maximum absolute atomic E-state index is 11.4. The summed E-state index contributed by atoms with van der Waals surface area (Å²) in [5.41, 5.74) is 2.58. The lowest BCUT2D eigenvalue weighted by Gasteiger charge is -2.20. The summed E-state index contributed by atoms with van der Waals surface area (Å²) in [5, 5.41) is 9.33. The lowest BCUT2D eigenvalue weighted by molar-refractivity contribution is 0.0697. The second kappa shape index (κ2) is 4.26. The molecule has 1 saturated carbocycles. The first-order valence-corrected chi connectivity index (χ1v) is 6.62. The van der Waals surface area contributed by atoms with Gasteiger partial charge in [-0.15, -0.1) is 0 Å². The summed E-state index contributed by atoms with van der Waals surface area (Å²) in [6.07, 6.45) is 5.57. The Morgan fingerprint density at radius 1 is 1.50 bits per heavy atom. The highest BCUT2D eigenvalue weighted by molar-refractivity contribution is 5.93. The Labute approximate surface area is 107 Å². The van der Waals surface area contributed by atoms with Crippen LogP contribution in [0.4, 0.5) is 5.82 Å². The van der Waals surface area contributed by atoms with Crippen molar-refractivity contribution in [1.82, 2.24) is 4.98 Å². The Hall–Kier alpha value is -1.58. The topological polar surface area (TPSA) is 53.4 Å². The SMILES string of the molecule is CN(CC1CC1)c1nc2c(cc1C(=O)O)CCC2. The fourth-order valence-corrected chi connectivity index (χ4v) is 2.68. The molecule has 1 N–H and O–H groups in total. The van der Waals surface area contributed by atoms with Crippen molar-refractivity contribution in [2.75, 3.05) is 18.5 Å². The van der Waals surface area contributed by atoms with Crippen molar-refractivity contribution in [1.29, 1.82) is 0 Å². The van der Waals surface area contributed by atoms with E-state index < -0.39 is 5.97 Å². The number of fused-ring (bicyclic) bond motifs is 1. The van der Waals surface area contributed by atoms with Crippen LogP contribution in [0.2, 0.25) is 0 Å². The Bertz CT molecular complexity index is 495. The van der Waals surface area contributed by atoms with Crippen molar-refractivity contribution in [2.24, 2.45) is 5.92 Å². The van der Waals surface area contributed by atoms with Gasteiger partial charge in [0.15, 0.2) is 0 Å². The number of hydrogen-bond acceptors (Lipinski definition) is 3. The molecule has 96 valence electrons. The minimum absolute atomic E-state index is 0.360. The third kappa shape index (κ3) is 2.07. The number of nitrogens with zero attached hydrogens (tertiary/aromatic N) is 2. The van der Waals surface area contributed by atoms with Gasteiger partial charge in [-0.25, -0.2) is 9.78 Å². The quantitative estimate of drug-likeness (QED) is 0.884. The molecule has 0 aliphatic heterocycles. The zero-order valence-corrected chi connectivity index (χ0v) is 10.6. The Kier molecular flexibility index (Phi) is 2.73. The van der Waals surface area contributed by atoms with Gasteiger partial charge in [0.05, 0.1) is 0 Å². The van der Waals surface area contributed by atoms with Crippen molar-refractivity contribution in [3.63, 3.8) is 0 Å². The van der Waals surface area contributed by atoms with E-state index >= 15 is 0 Å². The molecule has 1 heterocycles. The van der Waals surface area contributed by atoms with Crippen LogP contribution in [-0.4, -0.2) is 29.7 Å². The first-order chi connectivity index (χ1) is 8.65. The molecule has 4 nitrogen and oxygen atoms in total. The molecule has 2 aliphatic rings. The van der Waals surface area contributed by atoms with Gasteiger partial charge in [0.1, 0.15) is 11.4 Å². The first kappa shape index (κ1) is 11.5. The molecule has 3 rings (SSSR count). The second-order valence-corrected chi connectivity index (χ2v) is 5.45. The van der Waals surface area contributed by atoms with Crippen LogP contribution in [0, 0.1) is 5.92 Å². The molecule has 0 radical (unpaired) electrons. The highest BCUT2D eigenvalue weighted by Crippen LogP contribution is 2.32. The van der Waals surface area contributed by atoms with Crippen LogP contribution in [0.1, 0.15) is 40.9 Å². The number of aromatic nitrogens is 1. The van der Waals surface area contributed by atoms with Gasteiger partial charge in [-0.2, -0.15) is 0 Å². The summed E-state index contributed by atoms with van der Waals surface area (Å²) < 4.78 is 0. The van der Waals surface area contributed by atoms with E-state index in [1.165, 1.54) is 12.8 Å². The highest BCUT2D eigenvalue weighted by Gasteiger charge is 2.27. The van der Waals surface area contributed by atoms with Gasteiger partial charge in [0, 0.05) is 19.3 Å². The van der Waals surface area contributed by atoms with Gasteiger partial charge >= 0.3 is 5.97 Å². The third-order valence-electron chi connectivity index (χ3n) is 3.85. The molecule has 0 spiro atoms. The standard InChI is InChI=1S/C14H18N2O2/c1-16(8-9-5-6-9)13-11(14(17)18)7-10-3-2-4-12(10)15-13/h7,9H,2-6,8H2,1H3,(H,17,18). The summed E-state index contributed by atoms with van der Waals surface area (Å²) in [6, 6.07) is 1.83. The zero-order chi connectivity index (χ0) is 12.7. The summed E-state index contributed by atoms with van der Waals surface area (Å²) in [7, 11) is 1.95. The molecular formula is C14H18N2O2. The van der Waals surface area contributed by atoms with Crippen molar-refractivity contribution in [3.8, 4) is 0 Å². The molecule has 1 aromatic heterocycles. The number of carboxylic acids is 1. The van der Waals surface area contributed by atoms with E-state index in [2.05, 4.69) is 4.98 Å². The number of aryl methyl sites for hydroxylation is 2. The number of rotatable bonds is 4. The van der Waals surface area contributed by atoms with Crippen LogP contribution in [0.15, 0.2) is 6.07 Å². The number of anilines is 1. The molecule has 0 saturated heterocycles. The predicted molar refractivity (Wildman–Crippen MR) is 69.2 cm³/mol. The van der Waals surface area contributed by atoms with Crippen LogP contribution in [-0.2, 0) is 12.8 Å². The smallest absolute Gasteiger partial charge is 0.339 e. The lowest BCUT2D eigenvalue weighted by atomic mass is 10.1. The third-order valence-corrected chi connectivity index (χ3v) is 3.85. The lowest BCUT2D eigenvalue weighted by Crippen LogP contribution is -2.24. The number of hydrogen-bond donors (Lipinski definition) is 1. The van der Waals surface area contributed by atoms with Crippen LogP contribution in [0.25, 0.3) is 0 Å². The van der Waals surface area contributed by atoms with Gasteiger partial charge in [-0.05, 0) is 49.7 Å². The van der Waals surface area contributed by atoms with E-state index in [-0.39, 0.29) is 0 Å². The van der Waals surface area contributed by atoms with Gasteiger partial charge in [-0.1, -0.05) is 0 Å². The monoisotopic (exact) mass is 246 g/mol. The predicted octanol–water partition coefficient (Wildman–Crippen LogP) is 2.11. The molecule has 18 heavy (non-hydrogen) atoms. The maximum atomic E-state index is 11.4. The minimum Gasteiger partial charge on any atom is -0.478 e. The van der Waals surface area contributed by atoms with Crippen molar-refractivity contribution >= 4 is 11.8 Å². The van der Waals surface area contributed by atoms with Crippen LogP contribution in [0.3, 0.4) is 0 Å². The fraction of sp³-hybridized carbons (Fsp3) is 0.571. The average Bonchev–Trinajstić information content (AvgIpc) is 3.03. The molecular weight excluding hydrogens is 228 g/mol. The highest BCUT2D eigenvalue weighted by atomic mass is 16.4. The van der Waals surface area contributed by atoms with E-state index in [1.54, 1.807) is 0 Å². The van der Waals surface area contributed by atoms with Gasteiger partial charge in [0.2, 0.25) is 0 Å². The summed E-state index contributed by atoms with van der Waals surface area (Å²) in [4.78, 5) is 18.0. The molecule has 0 aromatic carbocycles. The molecule has 2 aliphatic carbocycles. The molecule has 0 unspecified atom stereocenters. The number of aromatic carboxylic acids is 1. The van der Waals surface area contributed by atoms with Gasteiger partial charge in [-0.3, -0.25) is 0 Å². The van der Waals surface area contributed by atoms with E-state index in [0.29, 0.717) is 11.4 Å². The molecule has 1 aromatic rings. The van der Waals surface area contributed by atoms with E-state index in [9.17, 15) is 9.90 Å². The van der Waals surface area contributed by atoms with Crippen molar-refractivity contribution in [2.45, 2.75) is 32.1 Å². The first-order valence-electron chi connectivity index (χ1n) is 6.62. The Morgan fingerprint density at radius 2 is 2.28 bits per heavy atom. The van der Waals surface area contributed by atoms with Crippen molar-refractivity contribution < 1.29 is 9.90 Å². The van der Waals surface area contributed by atoms with Crippen LogP contribution < -0.4 is 4.90 Å². The largest absolute Gasteiger partial charge is 0.478 e. The van der Waals surface area contributed by atoms with Gasteiger partial charge < -0.3 is 10.0 Å². The molecule has 4 heteroatoms. The van der Waals surface area contributed by atoms with E-state index in [0.717, 1.165) is 43.0 Å². The van der Waals surface area contributed by atoms with Crippen molar-refractivity contribution in [3.05, 3.63) is 22.9 Å². The van der Waals surface area contributed by atoms with Crippen LogP contribution in [0.5, 0.6) is 0 Å². The Morgan fingerprint density at radius 3 is 2.94 bits per heavy atom. The molecule has 0 amide bonds. The number of carboxylic acid groups (broad SMARTS) is 1. The molecule has 0 atom stereocenters. The summed E-state index contributed by atoms with van der Waals surface area (Å²) >= 11 is 0. The number of pyridine rings is 1. The Balaban J connectivity index is 1.96. The number of carbonyl (C=O) groups is 1. The zero-order valence-electron chi connectivity index (χ0n) is 10.6. The average molecular weight is 246 g/mol.